The van der Waals surface area contributed by atoms with E-state index in [9.17, 15) is 4.79 Å². The number of carbonyl (C=O) groups is 1. The second-order valence-electron chi connectivity index (χ2n) is 3.63. The molecule has 0 aromatic carbocycles. The quantitative estimate of drug-likeness (QED) is 0.464. The molecular weight excluding hydrogens is 228 g/mol. The lowest BCUT2D eigenvalue weighted by Gasteiger charge is -2.10. The summed E-state index contributed by atoms with van der Waals surface area (Å²) in [6.45, 7) is 7.50. The Hall–Kier alpha value is -2.23. The summed E-state index contributed by atoms with van der Waals surface area (Å²) in [5, 5.41) is 0. The van der Waals surface area contributed by atoms with Gasteiger partial charge >= 0.3 is 5.97 Å². The van der Waals surface area contributed by atoms with E-state index < -0.39 is 5.97 Å². The van der Waals surface area contributed by atoms with Crippen LogP contribution in [0.15, 0.2) is 48.3 Å². The number of aromatic nitrogens is 2. The van der Waals surface area contributed by atoms with Gasteiger partial charge < -0.3 is 4.74 Å². The maximum atomic E-state index is 11.8. The Morgan fingerprint density at radius 1 is 1.39 bits per heavy atom. The first-order chi connectivity index (χ1) is 8.61. The average molecular weight is 244 g/mol. The van der Waals surface area contributed by atoms with Crippen molar-refractivity contribution in [2.24, 2.45) is 0 Å². The highest BCUT2D eigenvalue weighted by molar-refractivity contribution is 6.02. The Bertz CT molecular complexity index is 502. The smallest absolute Gasteiger partial charge is 0.338 e. The molecule has 0 radical (unpaired) electrons. The van der Waals surface area contributed by atoms with Gasteiger partial charge in [-0.1, -0.05) is 18.7 Å². The third-order valence-electron chi connectivity index (χ3n) is 2.22. The molecule has 1 aromatic rings. The summed E-state index contributed by atoms with van der Waals surface area (Å²) >= 11 is 0. The van der Waals surface area contributed by atoms with E-state index in [1.807, 2.05) is 6.92 Å². The zero-order chi connectivity index (χ0) is 13.5. The number of rotatable bonds is 4. The molecule has 1 rings (SSSR count). The Labute approximate surface area is 107 Å². The second kappa shape index (κ2) is 6.49. The summed E-state index contributed by atoms with van der Waals surface area (Å²) in [6, 6.07) is 1.72. The first kappa shape index (κ1) is 13.8. The highest BCUT2D eigenvalue weighted by Gasteiger charge is 2.17. The van der Waals surface area contributed by atoms with Gasteiger partial charge in [-0.15, -0.1) is 0 Å². The van der Waals surface area contributed by atoms with Gasteiger partial charge in [0.05, 0.1) is 12.7 Å². The lowest BCUT2D eigenvalue weighted by molar-refractivity contribution is -0.135. The Kier molecular flexibility index (Phi) is 4.99. The fourth-order valence-electron chi connectivity index (χ4n) is 1.50. The van der Waals surface area contributed by atoms with Crippen molar-refractivity contribution in [1.29, 1.82) is 0 Å². The summed E-state index contributed by atoms with van der Waals surface area (Å²) < 4.78 is 4.77. The maximum Gasteiger partial charge on any atom is 0.338 e. The van der Waals surface area contributed by atoms with Gasteiger partial charge in [-0.05, 0) is 25.5 Å². The number of carbonyl (C=O) groups excluding carboxylic acids is 1. The van der Waals surface area contributed by atoms with Crippen LogP contribution in [-0.4, -0.2) is 23.0 Å². The third kappa shape index (κ3) is 3.13. The van der Waals surface area contributed by atoms with Crippen molar-refractivity contribution < 1.29 is 9.53 Å². The van der Waals surface area contributed by atoms with E-state index in [4.69, 9.17) is 4.74 Å². The molecule has 0 unspecified atom stereocenters. The number of nitrogens with zero attached hydrogens (tertiary/aromatic N) is 2. The largest absolute Gasteiger partial charge is 0.465 e. The maximum absolute atomic E-state index is 11.8. The number of hydrogen-bond acceptors (Lipinski definition) is 4. The van der Waals surface area contributed by atoms with Crippen LogP contribution < -0.4 is 0 Å². The summed E-state index contributed by atoms with van der Waals surface area (Å²) in [6.07, 6.45) is 6.68. The SMILES string of the molecule is C=C(C)/C(=C(\C=C/C)C(=O)OC)c1ncccn1. The molecule has 0 bridgehead atoms. The summed E-state index contributed by atoms with van der Waals surface area (Å²) in [7, 11) is 1.34. The average Bonchev–Trinajstić information content (AvgIpc) is 2.38. The molecule has 0 spiro atoms. The minimum Gasteiger partial charge on any atom is -0.465 e. The molecule has 18 heavy (non-hydrogen) atoms. The molecule has 0 saturated carbocycles. The van der Waals surface area contributed by atoms with Crippen LogP contribution in [0.1, 0.15) is 19.7 Å². The molecule has 0 N–H and O–H groups in total. The molecule has 0 amide bonds. The zero-order valence-electron chi connectivity index (χ0n) is 10.8. The lowest BCUT2D eigenvalue weighted by Crippen LogP contribution is -2.08. The van der Waals surface area contributed by atoms with Crippen molar-refractivity contribution >= 4 is 11.5 Å². The molecule has 1 heterocycles. The van der Waals surface area contributed by atoms with E-state index in [1.54, 1.807) is 37.5 Å². The van der Waals surface area contributed by atoms with E-state index in [1.165, 1.54) is 7.11 Å². The normalized spacial score (nSPS) is 12.2. The van der Waals surface area contributed by atoms with Gasteiger partial charge in [0.1, 0.15) is 0 Å². The molecule has 1 aromatic heterocycles. The summed E-state index contributed by atoms with van der Waals surface area (Å²) in [5.74, 6) is 0.0297. The van der Waals surface area contributed by atoms with Gasteiger partial charge in [0.25, 0.3) is 0 Å². The molecule has 4 nitrogen and oxygen atoms in total. The van der Waals surface area contributed by atoms with Crippen LogP contribution >= 0.6 is 0 Å². The van der Waals surface area contributed by atoms with Gasteiger partial charge in [0, 0.05) is 18.0 Å². The Morgan fingerprint density at radius 2 is 2.00 bits per heavy atom. The van der Waals surface area contributed by atoms with Crippen LogP contribution in [0.5, 0.6) is 0 Å². The monoisotopic (exact) mass is 244 g/mol. The van der Waals surface area contributed by atoms with Gasteiger partial charge in [-0.25, -0.2) is 14.8 Å². The number of methoxy groups -OCH3 is 1. The molecule has 0 aliphatic carbocycles. The van der Waals surface area contributed by atoms with Gasteiger partial charge in [-0.2, -0.15) is 0 Å². The molecule has 4 heteroatoms. The van der Waals surface area contributed by atoms with E-state index in [-0.39, 0.29) is 0 Å². The van der Waals surface area contributed by atoms with Crippen LogP contribution in [0.3, 0.4) is 0 Å². The van der Waals surface area contributed by atoms with E-state index in [2.05, 4.69) is 16.5 Å². The van der Waals surface area contributed by atoms with Crippen LogP contribution in [0, 0.1) is 0 Å². The number of esters is 1. The van der Waals surface area contributed by atoms with Crippen molar-refractivity contribution in [1.82, 2.24) is 9.97 Å². The molecule has 0 atom stereocenters. The molecule has 0 saturated heterocycles. The Morgan fingerprint density at radius 3 is 2.44 bits per heavy atom. The van der Waals surface area contributed by atoms with Gasteiger partial charge in [0.2, 0.25) is 0 Å². The molecule has 94 valence electrons. The summed E-state index contributed by atoms with van der Waals surface area (Å²) in [4.78, 5) is 20.1. The molecule has 0 fully saturated rings. The number of hydrogen-bond donors (Lipinski definition) is 0. The standard InChI is InChI=1S/C14H16N2O2/c1-5-7-11(14(17)18-4)12(10(2)3)13-15-8-6-9-16-13/h5-9H,2H2,1,3-4H3/b7-5-,12-11-. The Balaban J connectivity index is 3.48. The minimum atomic E-state index is -0.432. The van der Waals surface area contributed by atoms with Crippen molar-refractivity contribution in [2.45, 2.75) is 13.8 Å². The first-order valence-corrected chi connectivity index (χ1v) is 5.50. The summed E-state index contributed by atoms with van der Waals surface area (Å²) in [5.41, 5.74) is 1.71. The minimum absolute atomic E-state index is 0.402. The first-order valence-electron chi connectivity index (χ1n) is 5.50. The third-order valence-corrected chi connectivity index (χ3v) is 2.22. The molecule has 0 aliphatic rings. The predicted molar refractivity (Wildman–Crippen MR) is 70.6 cm³/mol. The van der Waals surface area contributed by atoms with Crippen molar-refractivity contribution in [2.75, 3.05) is 7.11 Å². The van der Waals surface area contributed by atoms with E-state index >= 15 is 0 Å². The predicted octanol–water partition coefficient (Wildman–Crippen LogP) is 2.56. The van der Waals surface area contributed by atoms with E-state index in [0.717, 1.165) is 0 Å². The zero-order valence-corrected chi connectivity index (χ0v) is 10.8. The van der Waals surface area contributed by atoms with Crippen LogP contribution in [-0.2, 0) is 9.53 Å². The topological polar surface area (TPSA) is 52.1 Å². The molecular formula is C14H16N2O2. The van der Waals surface area contributed by atoms with Gasteiger partial charge in [0.15, 0.2) is 5.82 Å². The number of allylic oxidation sites excluding steroid dienone is 3. The number of ether oxygens (including phenoxy) is 1. The fraction of sp³-hybridized carbons (Fsp3) is 0.214. The van der Waals surface area contributed by atoms with Crippen LogP contribution in [0.2, 0.25) is 0 Å². The van der Waals surface area contributed by atoms with Crippen LogP contribution in [0.25, 0.3) is 5.57 Å². The molecule has 0 aliphatic heterocycles. The van der Waals surface area contributed by atoms with Crippen molar-refractivity contribution in [3.63, 3.8) is 0 Å². The highest BCUT2D eigenvalue weighted by atomic mass is 16.5. The highest BCUT2D eigenvalue weighted by Crippen LogP contribution is 2.24. The lowest BCUT2D eigenvalue weighted by atomic mass is 10.0. The van der Waals surface area contributed by atoms with Gasteiger partial charge in [-0.3, -0.25) is 0 Å². The van der Waals surface area contributed by atoms with Crippen LogP contribution in [0.4, 0.5) is 0 Å². The van der Waals surface area contributed by atoms with Crippen molar-refractivity contribution in [3.05, 3.63) is 54.2 Å². The van der Waals surface area contributed by atoms with E-state index in [0.29, 0.717) is 22.5 Å². The second-order valence-corrected chi connectivity index (χ2v) is 3.63. The fourth-order valence-corrected chi connectivity index (χ4v) is 1.50. The van der Waals surface area contributed by atoms with Crippen molar-refractivity contribution in [3.8, 4) is 0 Å².